The summed E-state index contributed by atoms with van der Waals surface area (Å²) in [7, 11) is 0. The fourth-order valence-corrected chi connectivity index (χ4v) is 1.30. The van der Waals surface area contributed by atoms with E-state index >= 15 is 0 Å². The predicted molar refractivity (Wildman–Crippen MR) is 57.4 cm³/mol. The minimum Gasteiger partial charge on any atom is -0.508 e. The van der Waals surface area contributed by atoms with Crippen LogP contribution in [0.5, 0.6) is 17.2 Å². The maximum atomic E-state index is 9.23. The summed E-state index contributed by atoms with van der Waals surface area (Å²) in [6.45, 7) is 0. The van der Waals surface area contributed by atoms with Crippen LogP contribution in [0.2, 0.25) is 5.15 Å². The first-order chi connectivity index (χ1) is 7.24. The van der Waals surface area contributed by atoms with Gasteiger partial charge in [-0.25, -0.2) is 4.98 Å². The van der Waals surface area contributed by atoms with Crippen LogP contribution in [0.15, 0.2) is 42.6 Å². The highest BCUT2D eigenvalue weighted by molar-refractivity contribution is 6.29. The van der Waals surface area contributed by atoms with Crippen molar-refractivity contribution >= 4 is 11.6 Å². The van der Waals surface area contributed by atoms with Crippen LogP contribution in [0.1, 0.15) is 0 Å². The minimum atomic E-state index is 0.160. The Hall–Kier alpha value is -1.74. The average Bonchev–Trinajstić information content (AvgIpc) is 2.17. The summed E-state index contributed by atoms with van der Waals surface area (Å²) in [5.41, 5.74) is 0. The number of pyridine rings is 1. The molecule has 0 fully saturated rings. The van der Waals surface area contributed by atoms with Crippen molar-refractivity contribution in [1.82, 2.24) is 4.98 Å². The van der Waals surface area contributed by atoms with Crippen LogP contribution in [0.25, 0.3) is 0 Å². The molecule has 3 nitrogen and oxygen atoms in total. The Kier molecular flexibility index (Phi) is 2.74. The Morgan fingerprint density at radius 2 is 1.93 bits per heavy atom. The standard InChI is InChI=1S/C11H8ClNO2/c12-11-7-10(4-5-13-11)15-9-3-1-2-8(14)6-9/h1-7,14H. The SMILES string of the molecule is Oc1cccc(Oc2ccnc(Cl)c2)c1. The van der Waals surface area contributed by atoms with E-state index in [9.17, 15) is 5.11 Å². The fourth-order valence-electron chi connectivity index (χ4n) is 1.13. The van der Waals surface area contributed by atoms with E-state index in [2.05, 4.69) is 4.98 Å². The van der Waals surface area contributed by atoms with E-state index in [1.54, 1.807) is 36.5 Å². The van der Waals surface area contributed by atoms with E-state index < -0.39 is 0 Å². The second-order valence-corrected chi connectivity index (χ2v) is 3.30. The second-order valence-electron chi connectivity index (χ2n) is 2.91. The van der Waals surface area contributed by atoms with Gasteiger partial charge in [-0.2, -0.15) is 0 Å². The van der Waals surface area contributed by atoms with Gasteiger partial charge in [0.25, 0.3) is 0 Å². The van der Waals surface area contributed by atoms with Crippen molar-refractivity contribution in [1.29, 1.82) is 0 Å². The molecule has 0 radical (unpaired) electrons. The second kappa shape index (κ2) is 4.19. The molecule has 76 valence electrons. The highest BCUT2D eigenvalue weighted by Gasteiger charge is 1.99. The number of hydrogen-bond acceptors (Lipinski definition) is 3. The molecule has 2 rings (SSSR count). The van der Waals surface area contributed by atoms with E-state index in [1.807, 2.05) is 0 Å². The van der Waals surface area contributed by atoms with Crippen LogP contribution >= 0.6 is 11.6 Å². The lowest BCUT2D eigenvalue weighted by atomic mass is 10.3. The molecule has 1 N–H and O–H groups in total. The number of aromatic nitrogens is 1. The van der Waals surface area contributed by atoms with Crippen molar-refractivity contribution < 1.29 is 9.84 Å². The molecule has 0 saturated carbocycles. The van der Waals surface area contributed by atoms with Gasteiger partial charge in [-0.05, 0) is 18.2 Å². The van der Waals surface area contributed by atoms with E-state index in [0.29, 0.717) is 16.7 Å². The predicted octanol–water partition coefficient (Wildman–Crippen LogP) is 3.23. The molecular weight excluding hydrogens is 214 g/mol. The maximum Gasteiger partial charge on any atom is 0.132 e. The quantitative estimate of drug-likeness (QED) is 0.792. The number of benzene rings is 1. The summed E-state index contributed by atoms with van der Waals surface area (Å²) >= 11 is 5.70. The number of nitrogens with zero attached hydrogens (tertiary/aromatic N) is 1. The Morgan fingerprint density at radius 1 is 1.13 bits per heavy atom. The molecule has 1 aromatic carbocycles. The van der Waals surface area contributed by atoms with Gasteiger partial charge >= 0.3 is 0 Å². The summed E-state index contributed by atoms with van der Waals surface area (Å²) in [6, 6.07) is 9.84. The first-order valence-electron chi connectivity index (χ1n) is 4.32. The Labute approximate surface area is 91.9 Å². The molecule has 1 heterocycles. The minimum absolute atomic E-state index is 0.160. The van der Waals surface area contributed by atoms with Gasteiger partial charge in [0.2, 0.25) is 0 Å². The van der Waals surface area contributed by atoms with Gasteiger partial charge in [0.1, 0.15) is 22.4 Å². The summed E-state index contributed by atoms with van der Waals surface area (Å²) in [6.07, 6.45) is 1.56. The van der Waals surface area contributed by atoms with E-state index in [1.165, 1.54) is 6.07 Å². The molecule has 0 aliphatic rings. The first-order valence-corrected chi connectivity index (χ1v) is 4.70. The van der Waals surface area contributed by atoms with Crippen LogP contribution in [0.4, 0.5) is 0 Å². The maximum absolute atomic E-state index is 9.23. The topological polar surface area (TPSA) is 42.4 Å². The van der Waals surface area contributed by atoms with Crippen molar-refractivity contribution in [2.45, 2.75) is 0 Å². The lowest BCUT2D eigenvalue weighted by molar-refractivity contribution is 0.455. The lowest BCUT2D eigenvalue weighted by Gasteiger charge is -2.05. The molecule has 0 unspecified atom stereocenters. The van der Waals surface area contributed by atoms with Crippen LogP contribution in [0.3, 0.4) is 0 Å². The van der Waals surface area contributed by atoms with Gasteiger partial charge < -0.3 is 9.84 Å². The molecule has 1 aromatic heterocycles. The molecule has 4 heteroatoms. The van der Waals surface area contributed by atoms with E-state index in [4.69, 9.17) is 16.3 Å². The molecule has 0 aliphatic heterocycles. The molecular formula is C11H8ClNO2. The van der Waals surface area contributed by atoms with Crippen molar-refractivity contribution in [3.05, 3.63) is 47.7 Å². The zero-order valence-corrected chi connectivity index (χ0v) is 8.48. The number of rotatable bonds is 2. The molecule has 0 bridgehead atoms. The zero-order chi connectivity index (χ0) is 10.7. The van der Waals surface area contributed by atoms with Gasteiger partial charge in [0.05, 0.1) is 0 Å². The van der Waals surface area contributed by atoms with E-state index in [-0.39, 0.29) is 5.75 Å². The van der Waals surface area contributed by atoms with Gasteiger partial charge in [0, 0.05) is 18.3 Å². The van der Waals surface area contributed by atoms with Crippen LogP contribution in [0, 0.1) is 0 Å². The number of phenolic OH excluding ortho intramolecular Hbond substituents is 1. The number of ether oxygens (including phenoxy) is 1. The average molecular weight is 222 g/mol. The Bertz CT molecular complexity index is 430. The summed E-state index contributed by atoms with van der Waals surface area (Å²) < 4.78 is 5.46. The molecule has 15 heavy (non-hydrogen) atoms. The van der Waals surface area contributed by atoms with Gasteiger partial charge in [0.15, 0.2) is 0 Å². The van der Waals surface area contributed by atoms with Crippen LogP contribution in [-0.4, -0.2) is 10.1 Å². The lowest BCUT2D eigenvalue weighted by Crippen LogP contribution is -1.84. The van der Waals surface area contributed by atoms with Gasteiger partial charge in [-0.1, -0.05) is 17.7 Å². The number of halogens is 1. The fraction of sp³-hybridized carbons (Fsp3) is 0. The first kappa shape index (κ1) is 9.80. The molecule has 0 amide bonds. The largest absolute Gasteiger partial charge is 0.508 e. The molecule has 0 saturated heterocycles. The number of aromatic hydroxyl groups is 1. The van der Waals surface area contributed by atoms with Crippen molar-refractivity contribution in [3.63, 3.8) is 0 Å². The smallest absolute Gasteiger partial charge is 0.132 e. The molecule has 0 atom stereocenters. The molecule has 0 aliphatic carbocycles. The third kappa shape index (κ3) is 2.60. The van der Waals surface area contributed by atoms with Gasteiger partial charge in [-0.15, -0.1) is 0 Å². The summed E-state index contributed by atoms with van der Waals surface area (Å²) in [5, 5.41) is 9.60. The summed E-state index contributed by atoms with van der Waals surface area (Å²) in [4.78, 5) is 3.84. The Balaban J connectivity index is 2.22. The highest BCUT2D eigenvalue weighted by Crippen LogP contribution is 2.25. The van der Waals surface area contributed by atoms with Crippen molar-refractivity contribution in [2.24, 2.45) is 0 Å². The van der Waals surface area contributed by atoms with Crippen molar-refractivity contribution in [3.8, 4) is 17.2 Å². The molecule has 2 aromatic rings. The van der Waals surface area contributed by atoms with E-state index in [0.717, 1.165) is 0 Å². The number of hydrogen-bond donors (Lipinski definition) is 1. The Morgan fingerprint density at radius 3 is 2.67 bits per heavy atom. The van der Waals surface area contributed by atoms with Crippen LogP contribution in [-0.2, 0) is 0 Å². The monoisotopic (exact) mass is 221 g/mol. The number of phenols is 1. The third-order valence-corrected chi connectivity index (χ3v) is 1.96. The molecule has 0 spiro atoms. The van der Waals surface area contributed by atoms with Gasteiger partial charge in [-0.3, -0.25) is 0 Å². The third-order valence-electron chi connectivity index (χ3n) is 1.75. The zero-order valence-electron chi connectivity index (χ0n) is 7.72. The normalized spacial score (nSPS) is 9.93. The van der Waals surface area contributed by atoms with Crippen molar-refractivity contribution in [2.75, 3.05) is 0 Å². The summed E-state index contributed by atoms with van der Waals surface area (Å²) in [5.74, 6) is 1.30. The highest BCUT2D eigenvalue weighted by atomic mass is 35.5. The van der Waals surface area contributed by atoms with Crippen LogP contribution < -0.4 is 4.74 Å².